The van der Waals surface area contributed by atoms with Crippen molar-refractivity contribution in [2.45, 2.75) is 13.8 Å². The van der Waals surface area contributed by atoms with Crippen molar-refractivity contribution in [3.05, 3.63) is 47.8 Å². The van der Waals surface area contributed by atoms with Crippen LogP contribution in [0.1, 0.15) is 12.5 Å². The fourth-order valence-corrected chi connectivity index (χ4v) is 2.22. The van der Waals surface area contributed by atoms with E-state index in [1.807, 2.05) is 26.0 Å². The monoisotopic (exact) mass is 270 g/mol. The zero-order valence-electron chi connectivity index (χ0n) is 11.4. The number of halogens is 1. The predicted molar refractivity (Wildman–Crippen MR) is 78.3 cm³/mol. The van der Waals surface area contributed by atoms with Gasteiger partial charge in [0.05, 0.1) is 0 Å². The molecule has 0 aliphatic rings. The molecule has 0 aliphatic heterocycles. The van der Waals surface area contributed by atoms with Crippen LogP contribution in [-0.4, -0.2) is 11.5 Å². The van der Waals surface area contributed by atoms with Gasteiger partial charge >= 0.3 is 0 Å². The predicted octanol–water partition coefficient (Wildman–Crippen LogP) is 4.37. The van der Waals surface area contributed by atoms with Crippen molar-refractivity contribution in [2.75, 3.05) is 11.9 Å². The fourth-order valence-electron chi connectivity index (χ4n) is 2.22. The standard InChI is InChI=1S/C16H15FN2O/c1-3-18-13-8-10(2)15-14(9-13)19-16(20-15)11-4-6-12(17)7-5-11/h4-9,18H,3H2,1-2H3. The fraction of sp³-hybridized carbons (Fsp3) is 0.188. The molecule has 0 radical (unpaired) electrons. The van der Waals surface area contributed by atoms with Crippen LogP contribution in [0, 0.1) is 12.7 Å². The largest absolute Gasteiger partial charge is 0.436 e. The van der Waals surface area contributed by atoms with E-state index in [-0.39, 0.29) is 5.82 Å². The smallest absolute Gasteiger partial charge is 0.227 e. The van der Waals surface area contributed by atoms with E-state index in [1.165, 1.54) is 12.1 Å². The van der Waals surface area contributed by atoms with Gasteiger partial charge in [-0.15, -0.1) is 0 Å². The molecule has 1 heterocycles. The van der Waals surface area contributed by atoms with E-state index in [9.17, 15) is 4.39 Å². The molecule has 0 bridgehead atoms. The molecule has 3 rings (SSSR count). The normalized spacial score (nSPS) is 10.9. The molecule has 0 unspecified atom stereocenters. The second-order valence-electron chi connectivity index (χ2n) is 4.70. The molecule has 20 heavy (non-hydrogen) atoms. The SMILES string of the molecule is CCNc1cc(C)c2oc(-c3ccc(F)cc3)nc2c1. The molecule has 0 aliphatic carbocycles. The van der Waals surface area contributed by atoms with E-state index in [2.05, 4.69) is 10.3 Å². The number of oxazole rings is 1. The molecule has 0 saturated heterocycles. The number of fused-ring (bicyclic) bond motifs is 1. The Labute approximate surface area is 116 Å². The van der Waals surface area contributed by atoms with E-state index in [0.717, 1.165) is 34.5 Å². The molecule has 3 aromatic rings. The molecule has 1 aromatic heterocycles. The van der Waals surface area contributed by atoms with Crippen LogP contribution in [0.3, 0.4) is 0 Å². The van der Waals surface area contributed by atoms with E-state index >= 15 is 0 Å². The van der Waals surface area contributed by atoms with E-state index in [4.69, 9.17) is 4.42 Å². The highest BCUT2D eigenvalue weighted by Gasteiger charge is 2.11. The number of nitrogens with zero attached hydrogens (tertiary/aromatic N) is 1. The lowest BCUT2D eigenvalue weighted by atomic mass is 10.2. The topological polar surface area (TPSA) is 38.1 Å². The van der Waals surface area contributed by atoms with Crippen molar-refractivity contribution in [1.82, 2.24) is 4.98 Å². The van der Waals surface area contributed by atoms with Crippen LogP contribution in [0.5, 0.6) is 0 Å². The number of nitrogens with one attached hydrogen (secondary N) is 1. The molecular weight excluding hydrogens is 255 g/mol. The van der Waals surface area contributed by atoms with Crippen molar-refractivity contribution >= 4 is 16.8 Å². The molecule has 2 aromatic carbocycles. The number of anilines is 1. The number of aromatic nitrogens is 1. The maximum Gasteiger partial charge on any atom is 0.227 e. The third-order valence-corrected chi connectivity index (χ3v) is 3.15. The molecule has 0 atom stereocenters. The maximum atomic E-state index is 12.9. The maximum absolute atomic E-state index is 12.9. The van der Waals surface area contributed by atoms with Gasteiger partial charge in [-0.3, -0.25) is 0 Å². The first-order chi connectivity index (χ1) is 9.67. The van der Waals surface area contributed by atoms with Crippen LogP contribution in [0.25, 0.3) is 22.6 Å². The minimum absolute atomic E-state index is 0.268. The Morgan fingerprint density at radius 3 is 2.65 bits per heavy atom. The summed E-state index contributed by atoms with van der Waals surface area (Å²) in [6.45, 7) is 4.89. The van der Waals surface area contributed by atoms with Gasteiger partial charge in [0.1, 0.15) is 11.3 Å². The minimum Gasteiger partial charge on any atom is -0.436 e. The van der Waals surface area contributed by atoms with Crippen molar-refractivity contribution in [2.24, 2.45) is 0 Å². The summed E-state index contributed by atoms with van der Waals surface area (Å²) in [6.07, 6.45) is 0. The number of hydrogen-bond donors (Lipinski definition) is 1. The Bertz CT molecular complexity index is 747. The lowest BCUT2D eigenvalue weighted by Gasteiger charge is -2.03. The highest BCUT2D eigenvalue weighted by atomic mass is 19.1. The van der Waals surface area contributed by atoms with Crippen LogP contribution in [-0.2, 0) is 0 Å². The Morgan fingerprint density at radius 1 is 1.20 bits per heavy atom. The van der Waals surface area contributed by atoms with Crippen LogP contribution < -0.4 is 5.32 Å². The highest BCUT2D eigenvalue weighted by Crippen LogP contribution is 2.29. The zero-order valence-corrected chi connectivity index (χ0v) is 11.4. The molecule has 0 fully saturated rings. The minimum atomic E-state index is -0.268. The number of benzene rings is 2. The Balaban J connectivity index is 2.10. The molecule has 0 amide bonds. The average Bonchev–Trinajstić information content (AvgIpc) is 2.84. The molecule has 4 heteroatoms. The van der Waals surface area contributed by atoms with Gasteiger partial charge in [0.25, 0.3) is 0 Å². The quantitative estimate of drug-likeness (QED) is 0.767. The summed E-state index contributed by atoms with van der Waals surface area (Å²) in [5, 5.41) is 3.27. The van der Waals surface area contributed by atoms with Gasteiger partial charge in [0.2, 0.25) is 5.89 Å². The third kappa shape index (κ3) is 2.25. The van der Waals surface area contributed by atoms with Gasteiger partial charge in [-0.25, -0.2) is 9.37 Å². The van der Waals surface area contributed by atoms with E-state index in [0.29, 0.717) is 5.89 Å². The van der Waals surface area contributed by atoms with E-state index in [1.54, 1.807) is 12.1 Å². The van der Waals surface area contributed by atoms with Gasteiger partial charge < -0.3 is 9.73 Å². The second kappa shape index (κ2) is 4.96. The molecule has 1 N–H and O–H groups in total. The lowest BCUT2D eigenvalue weighted by Crippen LogP contribution is -1.96. The second-order valence-corrected chi connectivity index (χ2v) is 4.70. The van der Waals surface area contributed by atoms with Gasteiger partial charge in [-0.2, -0.15) is 0 Å². The van der Waals surface area contributed by atoms with Crippen LogP contribution in [0.2, 0.25) is 0 Å². The van der Waals surface area contributed by atoms with Crippen molar-refractivity contribution in [3.63, 3.8) is 0 Å². The van der Waals surface area contributed by atoms with Gasteiger partial charge in [0, 0.05) is 17.8 Å². The lowest BCUT2D eigenvalue weighted by molar-refractivity contribution is 0.614. The Kier molecular flexibility index (Phi) is 3.14. The third-order valence-electron chi connectivity index (χ3n) is 3.15. The first-order valence-electron chi connectivity index (χ1n) is 6.58. The van der Waals surface area contributed by atoms with Crippen LogP contribution in [0.4, 0.5) is 10.1 Å². The summed E-state index contributed by atoms with van der Waals surface area (Å²) < 4.78 is 18.7. The van der Waals surface area contributed by atoms with Crippen molar-refractivity contribution in [3.8, 4) is 11.5 Å². The van der Waals surface area contributed by atoms with Gasteiger partial charge in [0.15, 0.2) is 5.58 Å². The molecular formula is C16H15FN2O. The van der Waals surface area contributed by atoms with Crippen LogP contribution in [0.15, 0.2) is 40.8 Å². The first kappa shape index (κ1) is 12.7. The summed E-state index contributed by atoms with van der Waals surface area (Å²) in [6, 6.07) is 10.1. The van der Waals surface area contributed by atoms with Gasteiger partial charge in [-0.1, -0.05) is 0 Å². The number of aryl methyl sites for hydroxylation is 1. The van der Waals surface area contributed by atoms with E-state index < -0.39 is 0 Å². The summed E-state index contributed by atoms with van der Waals surface area (Å²) in [4.78, 5) is 4.49. The summed E-state index contributed by atoms with van der Waals surface area (Å²) in [5.41, 5.74) is 4.40. The van der Waals surface area contributed by atoms with Crippen LogP contribution >= 0.6 is 0 Å². The molecule has 102 valence electrons. The van der Waals surface area contributed by atoms with Gasteiger partial charge in [-0.05, 0) is 55.8 Å². The van der Waals surface area contributed by atoms with Crippen molar-refractivity contribution in [1.29, 1.82) is 0 Å². The first-order valence-corrected chi connectivity index (χ1v) is 6.58. The zero-order chi connectivity index (χ0) is 14.1. The summed E-state index contributed by atoms with van der Waals surface area (Å²) in [5.74, 6) is 0.243. The molecule has 0 saturated carbocycles. The average molecular weight is 270 g/mol. The number of hydrogen-bond acceptors (Lipinski definition) is 3. The Hall–Kier alpha value is -2.36. The molecule has 3 nitrogen and oxygen atoms in total. The number of rotatable bonds is 3. The summed E-state index contributed by atoms with van der Waals surface area (Å²) >= 11 is 0. The summed E-state index contributed by atoms with van der Waals surface area (Å²) in [7, 11) is 0. The Morgan fingerprint density at radius 2 is 1.95 bits per heavy atom. The van der Waals surface area contributed by atoms with Crippen molar-refractivity contribution < 1.29 is 8.81 Å². The molecule has 0 spiro atoms. The highest BCUT2D eigenvalue weighted by molar-refractivity contribution is 5.83.